The number of para-hydroxylation sites is 3. The number of anilines is 2. The van der Waals surface area contributed by atoms with Crippen molar-refractivity contribution >= 4 is 51.6 Å². The minimum atomic E-state index is 0.620. The standard InChI is InChI=1S/C17H15ClN4S/c18-12-6-1-2-7-13(12)20-17(23)22-11-5-10-21-15-9-4-3-8-14(15)19-16(21)22/h1-4,6-9H,5,10-11H2,(H,20,23). The number of rotatable bonds is 1. The lowest BCUT2D eigenvalue weighted by Gasteiger charge is -2.29. The van der Waals surface area contributed by atoms with Crippen LogP contribution in [0.5, 0.6) is 0 Å². The normalized spacial score (nSPS) is 13.9. The molecule has 23 heavy (non-hydrogen) atoms. The molecule has 0 atom stereocenters. The molecule has 0 saturated heterocycles. The van der Waals surface area contributed by atoms with Crippen molar-refractivity contribution < 1.29 is 0 Å². The summed E-state index contributed by atoms with van der Waals surface area (Å²) in [4.78, 5) is 6.79. The molecule has 4 nitrogen and oxygen atoms in total. The number of benzene rings is 2. The quantitative estimate of drug-likeness (QED) is 0.668. The van der Waals surface area contributed by atoms with Gasteiger partial charge < -0.3 is 9.88 Å². The summed E-state index contributed by atoms with van der Waals surface area (Å²) in [6.07, 6.45) is 1.03. The second-order valence-corrected chi connectivity index (χ2v) is 6.26. The molecular weight excluding hydrogens is 328 g/mol. The van der Waals surface area contributed by atoms with Crippen LogP contribution in [0.15, 0.2) is 48.5 Å². The third-order valence-electron chi connectivity index (χ3n) is 4.00. The molecule has 0 saturated carbocycles. The maximum Gasteiger partial charge on any atom is 0.212 e. The number of nitrogens with one attached hydrogen (secondary N) is 1. The van der Waals surface area contributed by atoms with Gasteiger partial charge in [0, 0.05) is 13.1 Å². The Balaban J connectivity index is 1.69. The van der Waals surface area contributed by atoms with Crippen molar-refractivity contribution in [2.24, 2.45) is 0 Å². The van der Waals surface area contributed by atoms with E-state index in [1.807, 2.05) is 47.4 Å². The van der Waals surface area contributed by atoms with Crippen LogP contribution >= 0.6 is 23.8 Å². The average molecular weight is 343 g/mol. The molecule has 1 aromatic heterocycles. The van der Waals surface area contributed by atoms with E-state index < -0.39 is 0 Å². The summed E-state index contributed by atoms with van der Waals surface area (Å²) in [5.41, 5.74) is 2.95. The lowest BCUT2D eigenvalue weighted by atomic mass is 10.3. The third-order valence-corrected chi connectivity index (χ3v) is 4.65. The molecule has 2 aromatic carbocycles. The first-order chi connectivity index (χ1) is 11.2. The lowest BCUT2D eigenvalue weighted by molar-refractivity contribution is 0.612. The number of hydrogen-bond donors (Lipinski definition) is 1. The van der Waals surface area contributed by atoms with E-state index in [9.17, 15) is 0 Å². The Morgan fingerprint density at radius 2 is 1.87 bits per heavy atom. The fourth-order valence-corrected chi connectivity index (χ4v) is 3.38. The Labute approximate surface area is 144 Å². The predicted octanol–water partition coefficient (Wildman–Crippen LogP) is 4.30. The molecule has 0 amide bonds. The Hall–Kier alpha value is -2.11. The summed E-state index contributed by atoms with van der Waals surface area (Å²) in [6.45, 7) is 1.81. The SMILES string of the molecule is S=C(Nc1ccccc1Cl)N1CCCn2c1nc1ccccc12. The lowest BCUT2D eigenvalue weighted by Crippen LogP contribution is -2.40. The van der Waals surface area contributed by atoms with Gasteiger partial charge in [0.1, 0.15) is 0 Å². The second kappa shape index (κ2) is 5.83. The first kappa shape index (κ1) is 14.5. The van der Waals surface area contributed by atoms with Crippen LogP contribution in [0.3, 0.4) is 0 Å². The fourth-order valence-electron chi connectivity index (χ4n) is 2.91. The van der Waals surface area contributed by atoms with Gasteiger partial charge in [-0.3, -0.25) is 4.90 Å². The molecule has 3 aromatic rings. The van der Waals surface area contributed by atoms with Crippen molar-refractivity contribution in [1.29, 1.82) is 0 Å². The van der Waals surface area contributed by atoms with Crippen molar-refractivity contribution in [3.05, 3.63) is 53.6 Å². The highest BCUT2D eigenvalue weighted by atomic mass is 35.5. The van der Waals surface area contributed by atoms with Gasteiger partial charge in [-0.05, 0) is 42.9 Å². The van der Waals surface area contributed by atoms with E-state index in [1.54, 1.807) is 0 Å². The number of halogens is 1. The van der Waals surface area contributed by atoms with Crippen molar-refractivity contribution in [2.75, 3.05) is 16.8 Å². The highest BCUT2D eigenvalue weighted by molar-refractivity contribution is 7.80. The van der Waals surface area contributed by atoms with E-state index in [2.05, 4.69) is 16.0 Å². The number of imidazole rings is 1. The van der Waals surface area contributed by atoms with Crippen LogP contribution in [0.4, 0.5) is 11.6 Å². The topological polar surface area (TPSA) is 33.1 Å². The molecule has 0 spiro atoms. The Morgan fingerprint density at radius 3 is 2.74 bits per heavy atom. The molecule has 0 aliphatic carbocycles. The zero-order chi connectivity index (χ0) is 15.8. The van der Waals surface area contributed by atoms with Crippen molar-refractivity contribution in [2.45, 2.75) is 13.0 Å². The number of aryl methyl sites for hydroxylation is 1. The molecule has 2 heterocycles. The molecule has 1 N–H and O–H groups in total. The van der Waals surface area contributed by atoms with Crippen LogP contribution in [0.25, 0.3) is 11.0 Å². The van der Waals surface area contributed by atoms with Gasteiger partial charge in [-0.15, -0.1) is 0 Å². The number of nitrogens with zero attached hydrogens (tertiary/aromatic N) is 3. The average Bonchev–Trinajstić information content (AvgIpc) is 2.95. The van der Waals surface area contributed by atoms with E-state index in [4.69, 9.17) is 28.8 Å². The van der Waals surface area contributed by atoms with Crippen molar-refractivity contribution in [1.82, 2.24) is 9.55 Å². The van der Waals surface area contributed by atoms with Gasteiger partial charge in [-0.25, -0.2) is 4.98 Å². The van der Waals surface area contributed by atoms with Gasteiger partial charge in [0.05, 0.1) is 21.7 Å². The van der Waals surface area contributed by atoms with Gasteiger partial charge in [0.25, 0.3) is 0 Å². The van der Waals surface area contributed by atoms with Crippen LogP contribution in [-0.4, -0.2) is 21.2 Å². The monoisotopic (exact) mass is 342 g/mol. The fraction of sp³-hybridized carbons (Fsp3) is 0.176. The van der Waals surface area contributed by atoms with Crippen LogP contribution in [0.2, 0.25) is 5.02 Å². The molecule has 0 bridgehead atoms. The maximum atomic E-state index is 6.21. The van der Waals surface area contributed by atoms with E-state index in [0.29, 0.717) is 10.1 Å². The van der Waals surface area contributed by atoms with E-state index in [0.717, 1.165) is 42.2 Å². The summed E-state index contributed by atoms with van der Waals surface area (Å²) in [5, 5.41) is 4.51. The summed E-state index contributed by atoms with van der Waals surface area (Å²) in [5.74, 6) is 0.891. The molecule has 0 unspecified atom stereocenters. The Morgan fingerprint density at radius 1 is 1.09 bits per heavy atom. The van der Waals surface area contributed by atoms with Gasteiger partial charge >= 0.3 is 0 Å². The van der Waals surface area contributed by atoms with Crippen LogP contribution < -0.4 is 10.2 Å². The van der Waals surface area contributed by atoms with Gasteiger partial charge in [-0.2, -0.15) is 0 Å². The maximum absolute atomic E-state index is 6.21. The predicted molar refractivity (Wildman–Crippen MR) is 99.4 cm³/mol. The smallest absolute Gasteiger partial charge is 0.212 e. The van der Waals surface area contributed by atoms with Crippen LogP contribution in [0, 0.1) is 0 Å². The molecule has 0 radical (unpaired) electrons. The van der Waals surface area contributed by atoms with Gasteiger partial charge in [0.15, 0.2) is 5.11 Å². The van der Waals surface area contributed by atoms with Gasteiger partial charge in [0.2, 0.25) is 5.95 Å². The molecular formula is C17H15ClN4S. The van der Waals surface area contributed by atoms with E-state index in [-0.39, 0.29) is 0 Å². The first-order valence-electron chi connectivity index (χ1n) is 7.52. The Kier molecular flexibility index (Phi) is 3.67. The Bertz CT molecular complexity index is 889. The summed E-state index contributed by atoms with van der Waals surface area (Å²) < 4.78 is 2.22. The largest absolute Gasteiger partial charge is 0.331 e. The second-order valence-electron chi connectivity index (χ2n) is 5.47. The van der Waals surface area contributed by atoms with Crippen molar-refractivity contribution in [3.8, 4) is 0 Å². The number of fused-ring (bicyclic) bond motifs is 3. The van der Waals surface area contributed by atoms with Crippen LogP contribution in [-0.2, 0) is 6.54 Å². The highest BCUT2D eigenvalue weighted by Gasteiger charge is 2.24. The van der Waals surface area contributed by atoms with Crippen molar-refractivity contribution in [3.63, 3.8) is 0 Å². The number of hydrogen-bond acceptors (Lipinski definition) is 2. The summed E-state index contributed by atoms with van der Waals surface area (Å²) in [7, 11) is 0. The van der Waals surface area contributed by atoms with E-state index >= 15 is 0 Å². The van der Waals surface area contributed by atoms with Crippen LogP contribution in [0.1, 0.15) is 6.42 Å². The minimum Gasteiger partial charge on any atom is -0.331 e. The zero-order valence-corrected chi connectivity index (χ0v) is 13.9. The minimum absolute atomic E-state index is 0.620. The summed E-state index contributed by atoms with van der Waals surface area (Å²) in [6, 6.07) is 15.8. The summed E-state index contributed by atoms with van der Waals surface area (Å²) >= 11 is 11.8. The van der Waals surface area contributed by atoms with E-state index in [1.165, 1.54) is 0 Å². The van der Waals surface area contributed by atoms with Gasteiger partial charge in [-0.1, -0.05) is 35.9 Å². The third kappa shape index (κ3) is 2.56. The molecule has 1 aliphatic rings. The molecule has 116 valence electrons. The molecule has 4 rings (SSSR count). The highest BCUT2D eigenvalue weighted by Crippen LogP contribution is 2.28. The molecule has 1 aliphatic heterocycles. The first-order valence-corrected chi connectivity index (χ1v) is 8.31. The number of thiocarbonyl (C=S) groups is 1. The molecule has 6 heteroatoms. The zero-order valence-electron chi connectivity index (χ0n) is 12.4. The molecule has 0 fully saturated rings. The number of aromatic nitrogens is 2.